The number of aliphatic hydroxyl groups is 1. The lowest BCUT2D eigenvalue weighted by Crippen LogP contribution is -1.88. The van der Waals surface area contributed by atoms with Crippen LogP contribution in [0.1, 0.15) is 99.3 Å². The summed E-state index contributed by atoms with van der Waals surface area (Å²) in [5.74, 6) is 0.646. The van der Waals surface area contributed by atoms with Gasteiger partial charge in [0.2, 0.25) is 0 Å². The Bertz CT molecular complexity index is 539. The first kappa shape index (κ1) is 26.7. The molecular formula is C27H46O. The van der Waals surface area contributed by atoms with Crippen molar-refractivity contribution in [3.8, 4) is 0 Å². The van der Waals surface area contributed by atoms with Crippen molar-refractivity contribution >= 4 is 0 Å². The average molecular weight is 387 g/mol. The summed E-state index contributed by atoms with van der Waals surface area (Å²) in [5, 5.41) is 8.86. The minimum atomic E-state index is 0.293. The Morgan fingerprint density at radius 3 is 1.96 bits per heavy atom. The monoisotopic (exact) mass is 386 g/mol. The molecule has 0 saturated carbocycles. The van der Waals surface area contributed by atoms with Gasteiger partial charge in [-0.2, -0.15) is 0 Å². The highest BCUT2D eigenvalue weighted by molar-refractivity contribution is 5.06. The normalized spacial score (nSPS) is 14.6. The quantitative estimate of drug-likeness (QED) is 0.280. The minimum Gasteiger partial charge on any atom is -0.396 e. The van der Waals surface area contributed by atoms with Gasteiger partial charge in [-0.1, -0.05) is 65.7 Å². The Morgan fingerprint density at radius 1 is 0.750 bits per heavy atom. The van der Waals surface area contributed by atoms with Gasteiger partial charge in [0.05, 0.1) is 0 Å². The Kier molecular flexibility index (Phi) is 16.9. The molecule has 0 saturated heterocycles. The van der Waals surface area contributed by atoms with Gasteiger partial charge >= 0.3 is 0 Å². The summed E-state index contributed by atoms with van der Waals surface area (Å²) in [6.07, 6.45) is 24.1. The largest absolute Gasteiger partial charge is 0.396 e. The van der Waals surface area contributed by atoms with E-state index in [2.05, 4.69) is 78.0 Å². The molecule has 1 atom stereocenters. The van der Waals surface area contributed by atoms with E-state index in [1.807, 2.05) is 0 Å². The van der Waals surface area contributed by atoms with Gasteiger partial charge in [-0.15, -0.1) is 0 Å². The number of rotatable bonds is 15. The Labute approximate surface area is 176 Å². The fourth-order valence-electron chi connectivity index (χ4n) is 3.07. The molecule has 0 aromatic rings. The van der Waals surface area contributed by atoms with Crippen molar-refractivity contribution in [3.63, 3.8) is 0 Å². The van der Waals surface area contributed by atoms with Crippen LogP contribution in [0.4, 0.5) is 0 Å². The van der Waals surface area contributed by atoms with Crippen molar-refractivity contribution in [2.24, 2.45) is 5.92 Å². The van der Waals surface area contributed by atoms with Crippen LogP contribution in [-0.4, -0.2) is 11.7 Å². The number of allylic oxidation sites excluding steroid dienone is 10. The first-order chi connectivity index (χ1) is 13.3. The molecule has 1 nitrogen and oxygen atoms in total. The predicted octanol–water partition coefficient (Wildman–Crippen LogP) is 8.49. The summed E-state index contributed by atoms with van der Waals surface area (Å²) in [6, 6.07) is 0. The molecule has 0 spiro atoms. The molecule has 0 rings (SSSR count). The maximum atomic E-state index is 8.86. The second-order valence-corrected chi connectivity index (χ2v) is 8.56. The zero-order chi connectivity index (χ0) is 21.2. The maximum Gasteiger partial charge on any atom is 0.0434 e. The van der Waals surface area contributed by atoms with Crippen LogP contribution in [0.2, 0.25) is 0 Å². The van der Waals surface area contributed by atoms with E-state index in [1.54, 1.807) is 0 Å². The molecule has 28 heavy (non-hydrogen) atoms. The third-order valence-corrected chi connectivity index (χ3v) is 5.03. The zero-order valence-corrected chi connectivity index (χ0v) is 19.6. The predicted molar refractivity (Wildman–Crippen MR) is 128 cm³/mol. The molecule has 0 aromatic carbocycles. The van der Waals surface area contributed by atoms with E-state index in [4.69, 9.17) is 5.11 Å². The Hall–Kier alpha value is -1.34. The van der Waals surface area contributed by atoms with Gasteiger partial charge in [0.25, 0.3) is 0 Å². The van der Waals surface area contributed by atoms with Crippen LogP contribution in [0.25, 0.3) is 0 Å². The summed E-state index contributed by atoms with van der Waals surface area (Å²) in [4.78, 5) is 0. The van der Waals surface area contributed by atoms with E-state index in [9.17, 15) is 0 Å². The summed E-state index contributed by atoms with van der Waals surface area (Å²) in [6.45, 7) is 13.6. The molecule has 1 N–H and O–H groups in total. The summed E-state index contributed by atoms with van der Waals surface area (Å²) < 4.78 is 0. The molecule has 0 aromatic heterocycles. The van der Waals surface area contributed by atoms with Gasteiger partial charge in [0.15, 0.2) is 0 Å². The molecule has 1 heteroatoms. The second-order valence-electron chi connectivity index (χ2n) is 8.56. The van der Waals surface area contributed by atoms with E-state index >= 15 is 0 Å². The maximum absolute atomic E-state index is 8.86. The van der Waals surface area contributed by atoms with E-state index in [0.717, 1.165) is 32.1 Å². The highest BCUT2D eigenvalue weighted by Crippen LogP contribution is 2.14. The van der Waals surface area contributed by atoms with Crippen LogP contribution in [0.3, 0.4) is 0 Å². The second kappa shape index (κ2) is 17.7. The summed E-state index contributed by atoms with van der Waals surface area (Å²) in [5.41, 5.74) is 5.81. The lowest BCUT2D eigenvalue weighted by molar-refractivity contribution is 0.288. The highest BCUT2D eigenvalue weighted by atomic mass is 16.2. The summed E-state index contributed by atoms with van der Waals surface area (Å²) in [7, 11) is 0. The van der Waals surface area contributed by atoms with E-state index in [1.165, 1.54) is 48.0 Å². The van der Waals surface area contributed by atoms with Gasteiger partial charge in [0.1, 0.15) is 0 Å². The van der Waals surface area contributed by atoms with Crippen molar-refractivity contribution in [3.05, 3.63) is 58.7 Å². The fraction of sp³-hybridized carbons (Fsp3) is 0.630. The van der Waals surface area contributed by atoms with Gasteiger partial charge in [0, 0.05) is 6.61 Å². The molecule has 0 aliphatic heterocycles. The van der Waals surface area contributed by atoms with Gasteiger partial charge in [-0.25, -0.2) is 0 Å². The van der Waals surface area contributed by atoms with Gasteiger partial charge < -0.3 is 5.11 Å². The standard InChI is InChI=1S/C27H46O/c1-23(2)13-9-16-26(5)19-10-17-24(3)14-7-8-15-25(4)18-11-20-27(6)21-12-22-28/h7,13-15,19-20,24,28H,8-12,16-18,21-22H2,1-6H3/b14-7+,25-15+,26-19+,27-20+. The molecular weight excluding hydrogens is 340 g/mol. The van der Waals surface area contributed by atoms with E-state index < -0.39 is 0 Å². The molecule has 160 valence electrons. The number of hydrogen-bond donors (Lipinski definition) is 1. The van der Waals surface area contributed by atoms with Crippen molar-refractivity contribution in [2.75, 3.05) is 6.61 Å². The van der Waals surface area contributed by atoms with Crippen LogP contribution < -0.4 is 0 Å². The topological polar surface area (TPSA) is 20.2 Å². The van der Waals surface area contributed by atoms with Gasteiger partial charge in [-0.05, 0) is 98.3 Å². The third kappa shape index (κ3) is 18.0. The van der Waals surface area contributed by atoms with Crippen molar-refractivity contribution in [1.29, 1.82) is 0 Å². The van der Waals surface area contributed by atoms with Crippen LogP contribution in [0.15, 0.2) is 58.7 Å². The average Bonchev–Trinajstić information content (AvgIpc) is 2.63. The SMILES string of the molecule is CC(C)=CCC/C(C)=C/CCC(C)/C=C/C/C=C(\C)CC/C=C(\C)CCCO. The molecule has 0 aliphatic rings. The van der Waals surface area contributed by atoms with E-state index in [-0.39, 0.29) is 0 Å². The fourth-order valence-corrected chi connectivity index (χ4v) is 3.07. The lowest BCUT2D eigenvalue weighted by Gasteiger charge is -2.05. The lowest BCUT2D eigenvalue weighted by atomic mass is 10.0. The first-order valence-electron chi connectivity index (χ1n) is 11.2. The minimum absolute atomic E-state index is 0.293. The molecule has 0 radical (unpaired) electrons. The van der Waals surface area contributed by atoms with Crippen molar-refractivity contribution in [2.45, 2.75) is 99.3 Å². The van der Waals surface area contributed by atoms with Gasteiger partial charge in [-0.3, -0.25) is 0 Å². The van der Waals surface area contributed by atoms with Crippen LogP contribution in [-0.2, 0) is 0 Å². The third-order valence-electron chi connectivity index (χ3n) is 5.03. The highest BCUT2D eigenvalue weighted by Gasteiger charge is 1.96. The van der Waals surface area contributed by atoms with Crippen LogP contribution in [0, 0.1) is 5.92 Å². The zero-order valence-electron chi connectivity index (χ0n) is 19.6. The number of aliphatic hydroxyl groups excluding tert-OH is 1. The first-order valence-corrected chi connectivity index (χ1v) is 11.2. The smallest absolute Gasteiger partial charge is 0.0434 e. The number of hydrogen-bond acceptors (Lipinski definition) is 1. The van der Waals surface area contributed by atoms with Crippen LogP contribution in [0.5, 0.6) is 0 Å². The summed E-state index contributed by atoms with van der Waals surface area (Å²) >= 11 is 0. The Balaban J connectivity index is 4.01. The van der Waals surface area contributed by atoms with E-state index in [0.29, 0.717) is 12.5 Å². The molecule has 0 fully saturated rings. The Morgan fingerprint density at radius 2 is 1.32 bits per heavy atom. The molecule has 0 bridgehead atoms. The molecule has 1 unspecified atom stereocenters. The van der Waals surface area contributed by atoms with Crippen molar-refractivity contribution < 1.29 is 5.11 Å². The molecule has 0 amide bonds. The molecule has 0 heterocycles. The van der Waals surface area contributed by atoms with Crippen molar-refractivity contribution in [1.82, 2.24) is 0 Å². The molecule has 0 aliphatic carbocycles. The van der Waals surface area contributed by atoms with Crippen LogP contribution >= 0.6 is 0 Å².